The highest BCUT2D eigenvalue weighted by Gasteiger charge is 2.27. The number of rotatable bonds is 5. The van der Waals surface area contributed by atoms with Gasteiger partial charge in [-0.15, -0.1) is 11.3 Å². The Bertz CT molecular complexity index is 850. The molecule has 0 bridgehead atoms. The van der Waals surface area contributed by atoms with E-state index in [9.17, 15) is 13.2 Å². The van der Waals surface area contributed by atoms with Crippen LogP contribution in [-0.2, 0) is 14.8 Å². The second-order valence-electron chi connectivity index (χ2n) is 8.06. The van der Waals surface area contributed by atoms with Crippen LogP contribution in [0, 0.1) is 0 Å². The minimum atomic E-state index is -3.51. The SMILES string of the molecule is CC(=O)N1CCN(CCN2C=Cc3cc(S(=O)(=O)NC(C)(C)C)sc3S2)CC1. The van der Waals surface area contributed by atoms with E-state index in [1.54, 1.807) is 24.9 Å². The molecule has 1 N–H and O–H groups in total. The Labute approximate surface area is 175 Å². The van der Waals surface area contributed by atoms with E-state index in [-0.39, 0.29) is 5.91 Å². The standard InChI is InChI=1S/C18H28N4O3S3/c1-14(23)21-10-7-20(8-11-21)9-12-22-6-5-15-13-16(26-17(15)27-22)28(24,25)19-18(2,3)4/h5-6,13,19H,7-12H2,1-4H3. The molecule has 7 nitrogen and oxygen atoms in total. The minimum Gasteiger partial charge on any atom is -0.340 e. The van der Waals surface area contributed by atoms with Gasteiger partial charge >= 0.3 is 0 Å². The first-order valence-corrected chi connectivity index (χ1v) is 12.4. The summed E-state index contributed by atoms with van der Waals surface area (Å²) in [5.41, 5.74) is 0.445. The average molecular weight is 445 g/mol. The summed E-state index contributed by atoms with van der Waals surface area (Å²) in [6.07, 6.45) is 3.99. The summed E-state index contributed by atoms with van der Waals surface area (Å²) in [5.74, 6) is 0.145. The Kier molecular flexibility index (Phi) is 6.45. The molecule has 0 aliphatic carbocycles. The van der Waals surface area contributed by atoms with Crippen molar-refractivity contribution >= 4 is 45.3 Å². The van der Waals surface area contributed by atoms with Crippen LogP contribution in [0.25, 0.3) is 6.08 Å². The van der Waals surface area contributed by atoms with Gasteiger partial charge in [0.15, 0.2) is 0 Å². The van der Waals surface area contributed by atoms with E-state index in [4.69, 9.17) is 0 Å². The second kappa shape index (κ2) is 8.35. The summed E-state index contributed by atoms with van der Waals surface area (Å²) in [6.45, 7) is 12.3. The number of carbonyl (C=O) groups excluding carboxylic acids is 1. The zero-order valence-electron chi connectivity index (χ0n) is 16.8. The van der Waals surface area contributed by atoms with Crippen LogP contribution in [-0.4, -0.2) is 73.2 Å². The number of hydrogen-bond acceptors (Lipinski definition) is 7. The molecule has 2 aliphatic rings. The van der Waals surface area contributed by atoms with E-state index in [2.05, 4.69) is 13.9 Å². The summed E-state index contributed by atoms with van der Waals surface area (Å²) >= 11 is 2.90. The fraction of sp³-hybridized carbons (Fsp3) is 0.611. The zero-order valence-corrected chi connectivity index (χ0v) is 19.2. The van der Waals surface area contributed by atoms with Gasteiger partial charge in [0.05, 0.1) is 4.21 Å². The van der Waals surface area contributed by atoms with Crippen molar-refractivity contribution < 1.29 is 13.2 Å². The quantitative estimate of drug-likeness (QED) is 0.703. The topological polar surface area (TPSA) is 73.0 Å². The van der Waals surface area contributed by atoms with E-state index in [1.165, 1.54) is 11.3 Å². The van der Waals surface area contributed by atoms with Crippen LogP contribution < -0.4 is 4.72 Å². The van der Waals surface area contributed by atoms with Crippen molar-refractivity contribution in [3.63, 3.8) is 0 Å². The number of nitrogens with zero attached hydrogens (tertiary/aromatic N) is 3. The normalized spacial score (nSPS) is 18.4. The Morgan fingerprint density at radius 1 is 1.18 bits per heavy atom. The van der Waals surface area contributed by atoms with Gasteiger partial charge in [-0.3, -0.25) is 9.69 Å². The smallest absolute Gasteiger partial charge is 0.250 e. The van der Waals surface area contributed by atoms with Crippen LogP contribution in [0.5, 0.6) is 0 Å². The molecule has 0 unspecified atom stereocenters. The molecule has 0 radical (unpaired) electrons. The highest BCUT2D eigenvalue weighted by Crippen LogP contribution is 2.40. The van der Waals surface area contributed by atoms with Gasteiger partial charge in [-0.25, -0.2) is 13.1 Å². The molecule has 28 heavy (non-hydrogen) atoms. The van der Waals surface area contributed by atoms with E-state index in [0.29, 0.717) is 4.21 Å². The van der Waals surface area contributed by atoms with Crippen LogP contribution in [0.3, 0.4) is 0 Å². The molecule has 3 rings (SSSR count). The highest BCUT2D eigenvalue weighted by atomic mass is 32.3. The average Bonchev–Trinajstić information content (AvgIpc) is 3.02. The maximum absolute atomic E-state index is 12.6. The van der Waals surface area contributed by atoms with Crippen molar-refractivity contribution in [3.05, 3.63) is 17.8 Å². The summed E-state index contributed by atoms with van der Waals surface area (Å²) in [5, 5.41) is 0. The first-order chi connectivity index (χ1) is 13.0. The van der Waals surface area contributed by atoms with Crippen LogP contribution in [0.15, 0.2) is 20.7 Å². The van der Waals surface area contributed by atoms with Crippen molar-refractivity contribution in [2.45, 2.75) is 41.7 Å². The maximum Gasteiger partial charge on any atom is 0.250 e. The second-order valence-corrected chi connectivity index (χ2v) is 12.3. The summed E-state index contributed by atoms with van der Waals surface area (Å²) < 4.78 is 31.4. The molecular formula is C18H28N4O3S3. The summed E-state index contributed by atoms with van der Waals surface area (Å²) in [4.78, 5) is 15.7. The van der Waals surface area contributed by atoms with Crippen molar-refractivity contribution in [1.29, 1.82) is 0 Å². The lowest BCUT2D eigenvalue weighted by atomic mass is 10.1. The number of fused-ring (bicyclic) bond motifs is 1. The number of thiophene rings is 1. The Balaban J connectivity index is 1.55. The third-order valence-corrected chi connectivity index (χ3v) is 9.07. The van der Waals surface area contributed by atoms with Crippen molar-refractivity contribution in [1.82, 2.24) is 18.8 Å². The zero-order chi connectivity index (χ0) is 20.5. The fourth-order valence-corrected chi connectivity index (χ4v) is 7.31. The monoisotopic (exact) mass is 444 g/mol. The van der Waals surface area contributed by atoms with Gasteiger partial charge in [0.2, 0.25) is 5.91 Å². The molecule has 1 amide bonds. The van der Waals surface area contributed by atoms with Gasteiger partial charge < -0.3 is 9.21 Å². The van der Waals surface area contributed by atoms with Gasteiger partial charge in [0, 0.05) is 63.5 Å². The van der Waals surface area contributed by atoms with Gasteiger partial charge in [-0.1, -0.05) is 0 Å². The van der Waals surface area contributed by atoms with Crippen molar-refractivity contribution in [2.75, 3.05) is 39.3 Å². The maximum atomic E-state index is 12.6. The lowest BCUT2D eigenvalue weighted by molar-refractivity contribution is -0.130. The van der Waals surface area contributed by atoms with Crippen LogP contribution >= 0.6 is 23.3 Å². The number of sulfonamides is 1. The van der Waals surface area contributed by atoms with Crippen LogP contribution in [0.4, 0.5) is 0 Å². The Morgan fingerprint density at radius 3 is 2.46 bits per heavy atom. The third kappa shape index (κ3) is 5.50. The van der Waals surface area contributed by atoms with Gasteiger partial charge in [0.1, 0.15) is 4.21 Å². The van der Waals surface area contributed by atoms with Crippen LogP contribution in [0.2, 0.25) is 0 Å². The highest BCUT2D eigenvalue weighted by molar-refractivity contribution is 7.99. The summed E-state index contributed by atoms with van der Waals surface area (Å²) in [6, 6.07) is 1.75. The number of amides is 1. The number of hydrogen-bond donors (Lipinski definition) is 1. The molecule has 1 fully saturated rings. The van der Waals surface area contributed by atoms with E-state index < -0.39 is 15.6 Å². The molecule has 0 spiro atoms. The number of nitrogens with one attached hydrogen (secondary N) is 1. The molecule has 156 valence electrons. The van der Waals surface area contributed by atoms with Crippen molar-refractivity contribution in [2.24, 2.45) is 0 Å². The van der Waals surface area contributed by atoms with Crippen molar-refractivity contribution in [3.8, 4) is 0 Å². The molecule has 2 aliphatic heterocycles. The first kappa shape index (κ1) is 21.6. The molecule has 0 saturated carbocycles. The molecular weight excluding hydrogens is 416 g/mol. The van der Waals surface area contributed by atoms with E-state index in [0.717, 1.165) is 49.0 Å². The molecule has 0 atom stereocenters. The predicted octanol–water partition coefficient (Wildman–Crippen LogP) is 2.28. The lowest BCUT2D eigenvalue weighted by Gasteiger charge is -2.35. The van der Waals surface area contributed by atoms with Crippen LogP contribution in [0.1, 0.15) is 33.3 Å². The molecule has 1 aromatic heterocycles. The van der Waals surface area contributed by atoms with Gasteiger partial charge in [-0.05, 0) is 44.9 Å². The van der Waals surface area contributed by atoms with E-state index in [1.807, 2.05) is 37.9 Å². The lowest BCUT2D eigenvalue weighted by Crippen LogP contribution is -2.49. The molecule has 10 heteroatoms. The fourth-order valence-electron chi connectivity index (χ4n) is 3.09. The largest absolute Gasteiger partial charge is 0.340 e. The minimum absolute atomic E-state index is 0.145. The number of piperazine rings is 1. The summed E-state index contributed by atoms with van der Waals surface area (Å²) in [7, 11) is -3.51. The predicted molar refractivity (Wildman–Crippen MR) is 115 cm³/mol. The molecule has 1 saturated heterocycles. The molecule has 3 heterocycles. The first-order valence-electron chi connectivity index (χ1n) is 9.32. The number of carbonyl (C=O) groups is 1. The molecule has 0 aromatic carbocycles. The van der Waals surface area contributed by atoms with Gasteiger partial charge in [0.25, 0.3) is 10.0 Å². The third-order valence-electron chi connectivity index (χ3n) is 4.48. The Morgan fingerprint density at radius 2 is 1.86 bits per heavy atom. The van der Waals surface area contributed by atoms with Gasteiger partial charge in [-0.2, -0.15) is 0 Å². The van der Waals surface area contributed by atoms with E-state index >= 15 is 0 Å². The molecule has 1 aromatic rings. The Hall–Kier alpha value is -1.07.